The first kappa shape index (κ1) is 15.1. The van der Waals surface area contributed by atoms with Crippen molar-refractivity contribution >= 4 is 13.3 Å². The summed E-state index contributed by atoms with van der Waals surface area (Å²) in [4.78, 5) is 11.4. The van der Waals surface area contributed by atoms with E-state index in [4.69, 9.17) is 0 Å². The van der Waals surface area contributed by atoms with Crippen molar-refractivity contribution in [2.45, 2.75) is 59.3 Å². The van der Waals surface area contributed by atoms with Crippen LogP contribution >= 0.6 is 7.26 Å². The minimum Gasteiger partial charge on any atom is 1.00 e. The summed E-state index contributed by atoms with van der Waals surface area (Å²) in [5.74, 6) is 0. The fourth-order valence-corrected chi connectivity index (χ4v) is 6.41. The van der Waals surface area contributed by atoms with Gasteiger partial charge in [0.2, 0.25) is 0 Å². The van der Waals surface area contributed by atoms with Gasteiger partial charge in [-0.25, -0.2) is 0 Å². The molecule has 0 fully saturated rings. The summed E-state index contributed by atoms with van der Waals surface area (Å²) in [6.45, 7) is 6.68. The third kappa shape index (κ3) is 6.30. The topological polar surface area (TPSA) is 17.1 Å². The Labute approximate surface area is 97.8 Å². The van der Waals surface area contributed by atoms with E-state index in [0.717, 1.165) is 0 Å². The summed E-state index contributed by atoms with van der Waals surface area (Å²) in [5.41, 5.74) is 0. The number of hydrogen-bond donors (Lipinski definition) is 0. The van der Waals surface area contributed by atoms with Crippen molar-refractivity contribution < 1.29 is 6.22 Å². The Balaban J connectivity index is 0. The van der Waals surface area contributed by atoms with Gasteiger partial charge in [-0.05, 0) is 0 Å². The first-order valence-corrected chi connectivity index (χ1v) is 9.41. The minimum atomic E-state index is -1.51. The molecule has 92 valence electrons. The molecule has 15 heavy (non-hydrogen) atoms. The van der Waals surface area contributed by atoms with Crippen molar-refractivity contribution in [3.63, 3.8) is 0 Å². The molecule has 2 heteroatoms. The molecule has 0 radical (unpaired) electrons. The zero-order valence-electron chi connectivity index (χ0n) is 11.8. The van der Waals surface area contributed by atoms with Gasteiger partial charge < -0.3 is 0 Å². The second-order valence-electron chi connectivity index (χ2n) is 4.79. The first-order chi connectivity index (χ1) is 7.24. The summed E-state index contributed by atoms with van der Waals surface area (Å²) in [6, 6.07) is 1.40. The van der Waals surface area contributed by atoms with Crippen LogP contribution in [0.1, 0.15) is 60.7 Å². The smallest absolute Gasteiger partial charge is 1.00 e. The molecule has 0 aliphatic carbocycles. The summed E-state index contributed by atoms with van der Waals surface area (Å²) in [5, 5.41) is 0. The fourth-order valence-electron chi connectivity index (χ4n) is 2.14. The quantitative estimate of drug-likeness (QED) is 0.403. The normalized spacial score (nSPS) is 12.7. The molecule has 0 spiro atoms. The van der Waals surface area contributed by atoms with E-state index < -0.39 is 7.26 Å². The van der Waals surface area contributed by atoms with Gasteiger partial charge in [0.05, 0.1) is 0 Å². The average molecular weight is 233 g/mol. The fraction of sp³-hybridized carbons (Fsp3) is 0.923. The van der Waals surface area contributed by atoms with Gasteiger partial charge >= 0.3 is 97.3 Å². The molecule has 0 amide bonds. The summed E-state index contributed by atoms with van der Waals surface area (Å²) in [7, 11) is -1.51. The number of hydrogen-bond acceptors (Lipinski definition) is 1. The van der Waals surface area contributed by atoms with Crippen LogP contribution in [0, 0.1) is 0 Å². The second kappa shape index (κ2) is 9.33. The molecule has 0 rings (SSSR count). The Hall–Kier alpha value is 0.100. The molecular formula is C13H30OP+. The van der Waals surface area contributed by atoms with Crippen LogP contribution in [0.2, 0.25) is 0 Å². The van der Waals surface area contributed by atoms with E-state index in [0.29, 0.717) is 0 Å². The summed E-state index contributed by atoms with van der Waals surface area (Å²) >= 11 is 0. The zero-order valence-corrected chi connectivity index (χ0v) is 11.8. The third-order valence-corrected chi connectivity index (χ3v) is 7.88. The van der Waals surface area contributed by atoms with Crippen molar-refractivity contribution in [2.24, 2.45) is 0 Å². The van der Waals surface area contributed by atoms with E-state index in [9.17, 15) is 4.79 Å². The molecule has 0 atom stereocenters. The maximum Gasteiger partial charge on any atom is 1.00 e. The second-order valence-corrected chi connectivity index (χ2v) is 9.25. The zero-order chi connectivity index (χ0) is 11.6. The van der Waals surface area contributed by atoms with Crippen LogP contribution < -0.4 is 0 Å². The van der Waals surface area contributed by atoms with Gasteiger partial charge in [-0.3, -0.25) is 0 Å². The third-order valence-electron chi connectivity index (χ3n) is 3.33. The van der Waals surface area contributed by atoms with Gasteiger partial charge in [0, 0.05) is 0 Å². The van der Waals surface area contributed by atoms with Crippen LogP contribution in [0.4, 0.5) is 0 Å². The maximum atomic E-state index is 11.4. The predicted molar refractivity (Wildman–Crippen MR) is 75.5 cm³/mol. The van der Waals surface area contributed by atoms with Crippen LogP contribution in [0.5, 0.6) is 0 Å². The molecule has 0 aromatic rings. The van der Waals surface area contributed by atoms with E-state index in [1.807, 2.05) is 0 Å². The molecule has 0 unspecified atom stereocenters. The SMILES string of the molecule is CCCC[PH](C=O)(CCCC)CCCC.[H+]. The Morgan fingerprint density at radius 1 is 0.867 bits per heavy atom. The molecular weight excluding hydrogens is 203 g/mol. The van der Waals surface area contributed by atoms with Crippen LogP contribution in [-0.2, 0) is 4.79 Å². The molecule has 0 heterocycles. The van der Waals surface area contributed by atoms with Crippen LogP contribution in [0.3, 0.4) is 0 Å². The van der Waals surface area contributed by atoms with E-state index in [-0.39, 0.29) is 1.43 Å². The number of rotatable bonds is 10. The standard InChI is InChI=1S/C13H29OP/c1-4-7-10-15(13-14,11-8-5-2)12-9-6-3/h13,15H,4-12H2,1-3H3/p+1. The van der Waals surface area contributed by atoms with Crippen molar-refractivity contribution in [3.8, 4) is 0 Å². The van der Waals surface area contributed by atoms with Gasteiger partial charge in [-0.15, -0.1) is 0 Å². The van der Waals surface area contributed by atoms with E-state index in [1.165, 1.54) is 63.0 Å². The van der Waals surface area contributed by atoms with Gasteiger partial charge in [0.1, 0.15) is 0 Å². The molecule has 0 N–H and O–H groups in total. The van der Waals surface area contributed by atoms with Crippen LogP contribution in [0.25, 0.3) is 0 Å². The van der Waals surface area contributed by atoms with E-state index in [2.05, 4.69) is 20.8 Å². The Morgan fingerprint density at radius 2 is 1.20 bits per heavy atom. The molecule has 0 saturated carbocycles. The maximum absolute atomic E-state index is 11.4. The monoisotopic (exact) mass is 233 g/mol. The molecule has 0 aliphatic heterocycles. The first-order valence-electron chi connectivity index (χ1n) is 6.71. The Morgan fingerprint density at radius 3 is 1.40 bits per heavy atom. The number of carbonyl (C=O) groups excluding carboxylic acids is 1. The number of carbonyl (C=O) groups is 1. The summed E-state index contributed by atoms with van der Waals surface area (Å²) < 4.78 is 0. The predicted octanol–water partition coefficient (Wildman–Crippen LogP) is 4.44. The van der Waals surface area contributed by atoms with Crippen molar-refractivity contribution in [1.29, 1.82) is 0 Å². The molecule has 0 aromatic heterocycles. The Kier molecular flexibility index (Phi) is 9.40. The Bertz CT molecular complexity index is 140. The van der Waals surface area contributed by atoms with Crippen molar-refractivity contribution in [3.05, 3.63) is 0 Å². The molecule has 1 nitrogen and oxygen atoms in total. The molecule has 0 aromatic carbocycles. The summed E-state index contributed by atoms with van der Waals surface area (Å²) in [6.07, 6.45) is 11.2. The average Bonchev–Trinajstić information content (AvgIpc) is 2.29. The van der Waals surface area contributed by atoms with E-state index >= 15 is 0 Å². The largest absolute Gasteiger partial charge is 1.00 e. The van der Waals surface area contributed by atoms with Crippen LogP contribution in [-0.4, -0.2) is 24.5 Å². The van der Waals surface area contributed by atoms with E-state index in [1.54, 1.807) is 0 Å². The van der Waals surface area contributed by atoms with Crippen LogP contribution in [0.15, 0.2) is 0 Å². The van der Waals surface area contributed by atoms with Gasteiger partial charge in [-0.1, -0.05) is 0 Å². The van der Waals surface area contributed by atoms with Gasteiger partial charge in [0.15, 0.2) is 0 Å². The van der Waals surface area contributed by atoms with Gasteiger partial charge in [-0.2, -0.15) is 0 Å². The number of unbranched alkanes of at least 4 members (excludes halogenated alkanes) is 3. The molecule has 0 bridgehead atoms. The van der Waals surface area contributed by atoms with Crippen molar-refractivity contribution in [2.75, 3.05) is 18.5 Å². The molecule has 0 saturated heterocycles. The minimum absolute atomic E-state index is 0. The van der Waals surface area contributed by atoms with Crippen molar-refractivity contribution in [1.82, 2.24) is 0 Å². The van der Waals surface area contributed by atoms with Gasteiger partial charge in [0.25, 0.3) is 0 Å². The molecule has 0 aliphatic rings.